The van der Waals surface area contributed by atoms with Gasteiger partial charge in [-0.15, -0.1) is 0 Å². The van der Waals surface area contributed by atoms with Crippen LogP contribution in [0.3, 0.4) is 0 Å². The van der Waals surface area contributed by atoms with Gasteiger partial charge < -0.3 is 5.32 Å². The van der Waals surface area contributed by atoms with E-state index in [4.69, 9.17) is 0 Å². The van der Waals surface area contributed by atoms with Crippen LogP contribution < -0.4 is 10.0 Å². The predicted octanol–water partition coefficient (Wildman–Crippen LogP) is 3.37. The minimum Gasteiger partial charge on any atom is -0.322 e. The largest absolute Gasteiger partial charge is 0.322 e. The number of carbonyl (C=O) groups excluding carboxylic acids is 2. The van der Waals surface area contributed by atoms with Crippen LogP contribution in [0.15, 0.2) is 65.6 Å². The van der Waals surface area contributed by atoms with Crippen LogP contribution in [0.2, 0.25) is 0 Å². The highest BCUT2D eigenvalue weighted by Crippen LogP contribution is 2.36. The van der Waals surface area contributed by atoms with Gasteiger partial charge in [0.05, 0.1) is 4.90 Å². The lowest BCUT2D eigenvalue weighted by atomic mass is 10.0. The zero-order chi connectivity index (χ0) is 20.8. The summed E-state index contributed by atoms with van der Waals surface area (Å²) < 4.78 is 26.6. The van der Waals surface area contributed by atoms with Crippen molar-refractivity contribution < 1.29 is 18.0 Å². The fraction of sp³-hybridized carbons (Fsp3) is 0.0909. The van der Waals surface area contributed by atoms with Crippen LogP contribution in [-0.4, -0.2) is 27.2 Å². The molecule has 146 valence electrons. The van der Waals surface area contributed by atoms with Gasteiger partial charge in [0, 0.05) is 22.4 Å². The number of ketones is 1. The lowest BCUT2D eigenvalue weighted by molar-refractivity contribution is 0.102. The molecule has 0 bridgehead atoms. The average Bonchev–Trinajstić information content (AvgIpc) is 3.01. The van der Waals surface area contributed by atoms with E-state index in [-0.39, 0.29) is 10.7 Å². The van der Waals surface area contributed by atoms with Gasteiger partial charge in [-0.1, -0.05) is 36.4 Å². The third kappa shape index (κ3) is 3.24. The van der Waals surface area contributed by atoms with Gasteiger partial charge in [0.1, 0.15) is 0 Å². The Morgan fingerprint density at radius 3 is 2.28 bits per heavy atom. The third-order valence-electron chi connectivity index (χ3n) is 4.99. The molecule has 2 N–H and O–H groups in total. The van der Waals surface area contributed by atoms with Crippen molar-refractivity contribution in [3.05, 3.63) is 82.9 Å². The Labute approximate surface area is 168 Å². The summed E-state index contributed by atoms with van der Waals surface area (Å²) in [5.74, 6) is -0.531. The lowest BCUT2D eigenvalue weighted by Gasteiger charge is -2.11. The summed E-state index contributed by atoms with van der Waals surface area (Å²) in [6, 6.07) is 17.0. The molecule has 1 aliphatic carbocycles. The summed E-state index contributed by atoms with van der Waals surface area (Å²) >= 11 is 0. The molecule has 0 heterocycles. The van der Waals surface area contributed by atoms with Crippen LogP contribution in [0.1, 0.15) is 31.8 Å². The highest BCUT2D eigenvalue weighted by molar-refractivity contribution is 7.89. The van der Waals surface area contributed by atoms with Crippen molar-refractivity contribution in [2.24, 2.45) is 0 Å². The molecule has 1 aliphatic rings. The van der Waals surface area contributed by atoms with Crippen molar-refractivity contribution in [3.8, 4) is 11.1 Å². The molecule has 0 atom stereocenters. The molecule has 29 heavy (non-hydrogen) atoms. The predicted molar refractivity (Wildman–Crippen MR) is 111 cm³/mol. The average molecular weight is 406 g/mol. The van der Waals surface area contributed by atoms with Crippen LogP contribution in [0.5, 0.6) is 0 Å². The van der Waals surface area contributed by atoms with Crippen molar-refractivity contribution in [1.82, 2.24) is 4.72 Å². The van der Waals surface area contributed by atoms with Gasteiger partial charge in [0.25, 0.3) is 5.91 Å². The lowest BCUT2D eigenvalue weighted by Crippen LogP contribution is -2.20. The van der Waals surface area contributed by atoms with E-state index >= 15 is 0 Å². The van der Waals surface area contributed by atoms with E-state index in [0.29, 0.717) is 27.9 Å². The summed E-state index contributed by atoms with van der Waals surface area (Å²) in [5.41, 5.74) is 4.02. The molecule has 4 rings (SSSR count). The fourth-order valence-corrected chi connectivity index (χ4v) is 4.44. The van der Waals surface area contributed by atoms with E-state index in [0.717, 1.165) is 11.1 Å². The van der Waals surface area contributed by atoms with Gasteiger partial charge in [-0.3, -0.25) is 9.59 Å². The molecule has 0 saturated carbocycles. The molecule has 3 aromatic carbocycles. The van der Waals surface area contributed by atoms with Crippen LogP contribution in [0.4, 0.5) is 5.69 Å². The van der Waals surface area contributed by atoms with Crippen molar-refractivity contribution in [1.29, 1.82) is 0 Å². The fourth-order valence-electron chi connectivity index (χ4n) is 3.45. The first kappa shape index (κ1) is 19.0. The number of hydrogen-bond donors (Lipinski definition) is 2. The first-order chi connectivity index (χ1) is 13.8. The molecule has 6 nitrogen and oxygen atoms in total. The molecule has 0 aromatic heterocycles. The quantitative estimate of drug-likeness (QED) is 0.544. The number of anilines is 1. The molecule has 0 spiro atoms. The molecule has 3 aromatic rings. The van der Waals surface area contributed by atoms with Crippen LogP contribution in [-0.2, 0) is 10.0 Å². The van der Waals surface area contributed by atoms with Gasteiger partial charge in [0.2, 0.25) is 10.0 Å². The second-order valence-electron chi connectivity index (χ2n) is 6.78. The molecule has 7 heteroatoms. The van der Waals surface area contributed by atoms with Gasteiger partial charge in [0.15, 0.2) is 5.78 Å². The molecular formula is C22H18N2O4S. The minimum atomic E-state index is -3.64. The van der Waals surface area contributed by atoms with Gasteiger partial charge >= 0.3 is 0 Å². The number of benzene rings is 3. The Bertz CT molecular complexity index is 1280. The van der Waals surface area contributed by atoms with Crippen molar-refractivity contribution in [2.45, 2.75) is 11.8 Å². The molecule has 0 unspecified atom stereocenters. The van der Waals surface area contributed by atoms with E-state index in [1.165, 1.54) is 13.1 Å². The van der Waals surface area contributed by atoms with Crippen molar-refractivity contribution in [2.75, 3.05) is 12.4 Å². The number of aryl methyl sites for hydroxylation is 1. The summed E-state index contributed by atoms with van der Waals surface area (Å²) in [4.78, 5) is 25.5. The Hall–Kier alpha value is -3.29. The Morgan fingerprint density at radius 1 is 0.862 bits per heavy atom. The third-order valence-corrected chi connectivity index (χ3v) is 6.55. The highest BCUT2D eigenvalue weighted by Gasteiger charge is 2.27. The summed E-state index contributed by atoms with van der Waals surface area (Å²) in [6.45, 7) is 1.68. The summed E-state index contributed by atoms with van der Waals surface area (Å²) in [6.07, 6.45) is 0. The highest BCUT2D eigenvalue weighted by atomic mass is 32.2. The summed E-state index contributed by atoms with van der Waals surface area (Å²) in [5, 5.41) is 2.71. The number of rotatable bonds is 4. The standard InChI is InChI=1S/C22H18N2O4S/c1-13-7-9-15(12-20(13)29(27,28)23-2)24-22(26)14-8-10-17-16-5-3-4-6-18(16)21(25)19(17)11-14/h3-12,23H,1-2H3,(H,24,26). The van der Waals surface area contributed by atoms with Crippen LogP contribution >= 0.6 is 0 Å². The topological polar surface area (TPSA) is 92.3 Å². The van der Waals surface area contributed by atoms with E-state index in [9.17, 15) is 18.0 Å². The first-order valence-electron chi connectivity index (χ1n) is 8.95. The molecule has 0 aliphatic heterocycles. The SMILES string of the molecule is CNS(=O)(=O)c1cc(NC(=O)c2ccc3c(c2)C(=O)c2ccccc2-3)ccc1C. The van der Waals surface area contributed by atoms with E-state index < -0.39 is 15.9 Å². The Kier molecular flexibility index (Phi) is 4.56. The summed E-state index contributed by atoms with van der Waals surface area (Å²) in [7, 11) is -2.31. The second-order valence-corrected chi connectivity index (χ2v) is 8.63. The van der Waals surface area contributed by atoms with Crippen LogP contribution in [0, 0.1) is 6.92 Å². The van der Waals surface area contributed by atoms with E-state index in [1.54, 1.807) is 43.3 Å². The number of sulfonamides is 1. The number of amides is 1. The van der Waals surface area contributed by atoms with E-state index in [2.05, 4.69) is 10.0 Å². The number of hydrogen-bond acceptors (Lipinski definition) is 4. The number of fused-ring (bicyclic) bond motifs is 3. The van der Waals surface area contributed by atoms with Gasteiger partial charge in [-0.25, -0.2) is 13.1 Å². The molecule has 0 radical (unpaired) electrons. The van der Waals surface area contributed by atoms with Crippen LogP contribution in [0.25, 0.3) is 11.1 Å². The molecule has 0 saturated heterocycles. The maximum atomic E-state index is 12.7. The number of carbonyl (C=O) groups is 2. The van der Waals surface area contributed by atoms with E-state index in [1.807, 2.05) is 18.2 Å². The first-order valence-corrected chi connectivity index (χ1v) is 10.4. The Morgan fingerprint density at radius 2 is 1.55 bits per heavy atom. The second kappa shape index (κ2) is 6.95. The molecule has 1 amide bonds. The maximum absolute atomic E-state index is 12.7. The molecule has 0 fully saturated rings. The van der Waals surface area contributed by atoms with Gasteiger partial charge in [-0.05, 0) is 54.9 Å². The minimum absolute atomic E-state index is 0.0948. The monoisotopic (exact) mass is 406 g/mol. The Balaban J connectivity index is 1.65. The smallest absolute Gasteiger partial charge is 0.255 e. The maximum Gasteiger partial charge on any atom is 0.255 e. The van der Waals surface area contributed by atoms with Crippen molar-refractivity contribution in [3.63, 3.8) is 0 Å². The molecular weight excluding hydrogens is 388 g/mol. The number of nitrogens with one attached hydrogen (secondary N) is 2. The van der Waals surface area contributed by atoms with Crippen molar-refractivity contribution >= 4 is 27.4 Å². The van der Waals surface area contributed by atoms with Gasteiger partial charge in [-0.2, -0.15) is 0 Å². The normalized spacial score (nSPS) is 12.4. The zero-order valence-corrected chi connectivity index (χ0v) is 16.6. The zero-order valence-electron chi connectivity index (χ0n) is 15.8.